The number of aromatic nitrogens is 4. The van der Waals surface area contributed by atoms with Crippen LogP contribution in [-0.2, 0) is 0 Å². The molecule has 1 aliphatic carbocycles. The quantitative estimate of drug-likeness (QED) is 0.554. The third-order valence-corrected chi connectivity index (χ3v) is 6.85. The molecule has 0 aromatic carbocycles. The number of thioether (sulfide) groups is 1. The Hall–Kier alpha value is -2.29. The molecule has 1 saturated carbocycles. The molecule has 3 fully saturated rings. The summed E-state index contributed by atoms with van der Waals surface area (Å²) < 4.78 is 2.22. The van der Waals surface area contributed by atoms with Crippen LogP contribution < -0.4 is 4.90 Å². The first-order chi connectivity index (χ1) is 14.2. The van der Waals surface area contributed by atoms with Crippen LogP contribution in [0.25, 0.3) is 0 Å². The first-order valence-electron chi connectivity index (χ1n) is 10.5. The number of rotatable bonds is 7. The van der Waals surface area contributed by atoms with Crippen molar-refractivity contribution in [1.29, 1.82) is 0 Å². The summed E-state index contributed by atoms with van der Waals surface area (Å²) in [5.41, 5.74) is 1.05. The number of carbonyl (C=O) groups excluding carboxylic acids is 2. The molecule has 0 bridgehead atoms. The van der Waals surface area contributed by atoms with Gasteiger partial charge in [0.2, 0.25) is 5.95 Å². The number of amides is 1. The van der Waals surface area contributed by atoms with Crippen LogP contribution in [0.2, 0.25) is 0 Å². The van der Waals surface area contributed by atoms with Gasteiger partial charge in [-0.05, 0) is 44.6 Å². The van der Waals surface area contributed by atoms with Gasteiger partial charge < -0.3 is 14.8 Å². The maximum atomic E-state index is 12.7. The highest BCUT2D eigenvalue weighted by molar-refractivity contribution is 7.99. The van der Waals surface area contributed by atoms with Gasteiger partial charge >= 0.3 is 0 Å². The molecule has 29 heavy (non-hydrogen) atoms. The van der Waals surface area contributed by atoms with E-state index in [0.717, 1.165) is 63.0 Å². The largest absolute Gasteiger partial charge is 0.356 e. The third kappa shape index (κ3) is 3.80. The molecule has 3 aliphatic rings. The van der Waals surface area contributed by atoms with Gasteiger partial charge in [0.15, 0.2) is 10.9 Å². The molecule has 1 N–H and O–H groups in total. The Bertz CT molecular complexity index is 906. The Morgan fingerprint density at radius 3 is 2.52 bits per heavy atom. The summed E-state index contributed by atoms with van der Waals surface area (Å²) in [6.07, 6.45) is 8.45. The van der Waals surface area contributed by atoms with Gasteiger partial charge in [0.1, 0.15) is 5.69 Å². The maximum Gasteiger partial charge on any atom is 0.270 e. The van der Waals surface area contributed by atoms with E-state index in [1.165, 1.54) is 24.6 Å². The lowest BCUT2D eigenvalue weighted by Gasteiger charge is -2.17. The van der Waals surface area contributed by atoms with E-state index in [2.05, 4.69) is 24.6 Å². The molecule has 2 aliphatic heterocycles. The summed E-state index contributed by atoms with van der Waals surface area (Å²) in [4.78, 5) is 32.3. The van der Waals surface area contributed by atoms with Crippen molar-refractivity contribution in [3.63, 3.8) is 0 Å². The second kappa shape index (κ2) is 7.85. The molecule has 2 saturated heterocycles. The molecule has 0 atom stereocenters. The van der Waals surface area contributed by atoms with Crippen molar-refractivity contribution in [3.05, 3.63) is 23.5 Å². The average molecular weight is 415 g/mol. The fourth-order valence-electron chi connectivity index (χ4n) is 4.14. The molecule has 5 rings (SSSR count). The molecule has 0 unspecified atom stereocenters. The van der Waals surface area contributed by atoms with Crippen LogP contribution in [0, 0.1) is 0 Å². The van der Waals surface area contributed by atoms with Crippen molar-refractivity contribution in [1.82, 2.24) is 24.6 Å². The van der Waals surface area contributed by atoms with Crippen LogP contribution in [0.5, 0.6) is 0 Å². The molecule has 1 amide bonds. The monoisotopic (exact) mass is 414 g/mol. The van der Waals surface area contributed by atoms with Gasteiger partial charge in [-0.2, -0.15) is 0 Å². The Morgan fingerprint density at radius 2 is 1.79 bits per heavy atom. The number of carbonyl (C=O) groups is 2. The van der Waals surface area contributed by atoms with E-state index in [-0.39, 0.29) is 11.7 Å². The van der Waals surface area contributed by atoms with Gasteiger partial charge in [-0.25, -0.2) is 0 Å². The predicted octanol–water partition coefficient (Wildman–Crippen LogP) is 2.75. The van der Waals surface area contributed by atoms with Gasteiger partial charge in [0.25, 0.3) is 5.91 Å². The van der Waals surface area contributed by atoms with Crippen molar-refractivity contribution in [2.24, 2.45) is 0 Å². The third-order valence-electron chi connectivity index (χ3n) is 5.91. The Balaban J connectivity index is 1.25. The summed E-state index contributed by atoms with van der Waals surface area (Å²) in [6, 6.07) is 2.15. The molecule has 8 nitrogen and oxygen atoms in total. The molecule has 0 radical (unpaired) electrons. The summed E-state index contributed by atoms with van der Waals surface area (Å²) in [5, 5.41) is 9.64. The zero-order chi connectivity index (χ0) is 19.8. The number of nitrogens with one attached hydrogen (secondary N) is 1. The van der Waals surface area contributed by atoms with Gasteiger partial charge in [-0.15, -0.1) is 10.2 Å². The summed E-state index contributed by atoms with van der Waals surface area (Å²) >= 11 is 1.44. The van der Waals surface area contributed by atoms with Crippen LogP contribution in [0.4, 0.5) is 5.95 Å². The number of likely N-dealkylation sites (tertiary alicyclic amines) is 1. The number of hydrogen-bond acceptors (Lipinski definition) is 6. The predicted molar refractivity (Wildman–Crippen MR) is 111 cm³/mol. The second-order valence-electron chi connectivity index (χ2n) is 8.09. The van der Waals surface area contributed by atoms with E-state index in [0.29, 0.717) is 23.1 Å². The molecule has 2 aromatic heterocycles. The normalized spacial score (nSPS) is 19.3. The van der Waals surface area contributed by atoms with E-state index < -0.39 is 0 Å². The highest BCUT2D eigenvalue weighted by Crippen LogP contribution is 2.41. The van der Waals surface area contributed by atoms with E-state index >= 15 is 0 Å². The molecule has 154 valence electrons. The fraction of sp³-hybridized carbons (Fsp3) is 0.600. The van der Waals surface area contributed by atoms with Crippen LogP contribution >= 0.6 is 11.8 Å². The minimum absolute atomic E-state index is 0.000193. The van der Waals surface area contributed by atoms with Crippen molar-refractivity contribution < 1.29 is 9.59 Å². The zero-order valence-electron chi connectivity index (χ0n) is 16.5. The lowest BCUT2D eigenvalue weighted by molar-refractivity contribution is 0.0787. The zero-order valence-corrected chi connectivity index (χ0v) is 17.3. The number of nitrogens with zero attached hydrogens (tertiary/aromatic N) is 5. The SMILES string of the molecule is O=C(CSc1nnc(N2CCCC2)n1C1CC1)c1c[nH]c(C(=O)N2CCCC2)c1. The van der Waals surface area contributed by atoms with Gasteiger partial charge in [-0.1, -0.05) is 11.8 Å². The van der Waals surface area contributed by atoms with Crippen LogP contribution in [0.1, 0.15) is 65.4 Å². The number of ketones is 1. The van der Waals surface area contributed by atoms with Crippen LogP contribution in [0.15, 0.2) is 17.4 Å². The summed E-state index contributed by atoms with van der Waals surface area (Å²) in [7, 11) is 0. The molecule has 0 spiro atoms. The van der Waals surface area contributed by atoms with Crippen LogP contribution in [-0.4, -0.2) is 68.3 Å². The molecule has 2 aromatic rings. The van der Waals surface area contributed by atoms with E-state index in [1.54, 1.807) is 12.3 Å². The fourth-order valence-corrected chi connectivity index (χ4v) is 5.03. The van der Waals surface area contributed by atoms with Crippen molar-refractivity contribution >= 4 is 29.4 Å². The van der Waals surface area contributed by atoms with E-state index in [1.807, 2.05) is 4.90 Å². The molecule has 4 heterocycles. The second-order valence-corrected chi connectivity index (χ2v) is 9.03. The van der Waals surface area contributed by atoms with Crippen molar-refractivity contribution in [2.75, 3.05) is 36.8 Å². The van der Waals surface area contributed by atoms with E-state index in [4.69, 9.17) is 0 Å². The lowest BCUT2D eigenvalue weighted by Crippen LogP contribution is -2.27. The number of anilines is 1. The van der Waals surface area contributed by atoms with E-state index in [9.17, 15) is 9.59 Å². The average Bonchev–Trinajstić information content (AvgIpc) is 3.28. The summed E-state index contributed by atoms with van der Waals surface area (Å²) in [5.74, 6) is 1.23. The molecule has 9 heteroatoms. The first kappa shape index (κ1) is 18.7. The maximum absolute atomic E-state index is 12.7. The number of aromatic amines is 1. The topological polar surface area (TPSA) is 87.1 Å². The van der Waals surface area contributed by atoms with Crippen LogP contribution in [0.3, 0.4) is 0 Å². The highest BCUT2D eigenvalue weighted by atomic mass is 32.2. The van der Waals surface area contributed by atoms with Gasteiger partial charge in [0, 0.05) is 44.0 Å². The highest BCUT2D eigenvalue weighted by Gasteiger charge is 2.32. The molecular weight excluding hydrogens is 388 g/mol. The van der Waals surface area contributed by atoms with Crippen molar-refractivity contribution in [2.45, 2.75) is 49.7 Å². The summed E-state index contributed by atoms with van der Waals surface area (Å²) in [6.45, 7) is 3.66. The first-order valence-corrected chi connectivity index (χ1v) is 11.5. The minimum atomic E-state index is -0.0158. The Morgan fingerprint density at radius 1 is 1.07 bits per heavy atom. The minimum Gasteiger partial charge on any atom is -0.356 e. The number of Topliss-reactive ketones (excluding diaryl/α,β-unsaturated/α-hetero) is 1. The molecular formula is C20H26N6O2S. The number of hydrogen-bond donors (Lipinski definition) is 1. The standard InChI is InChI=1S/C20H26N6O2S/c27-17(14-11-16(21-12-14)18(28)24-7-1-2-8-24)13-29-20-23-22-19(25-9-3-4-10-25)26(20)15-5-6-15/h11-12,15,21H,1-10,13H2. The van der Waals surface area contributed by atoms with Gasteiger partial charge in [0.05, 0.1) is 5.75 Å². The van der Waals surface area contributed by atoms with Crippen molar-refractivity contribution in [3.8, 4) is 0 Å². The smallest absolute Gasteiger partial charge is 0.270 e. The van der Waals surface area contributed by atoms with Gasteiger partial charge in [-0.3, -0.25) is 14.2 Å². The Kier molecular flexibility index (Phi) is 5.07. The number of H-pyrrole nitrogens is 1. The Labute approximate surface area is 174 Å². The lowest BCUT2D eigenvalue weighted by atomic mass is 10.2.